The number of rotatable bonds is 4. The SMILES string of the molecule is CC(C)OC(=O)NCCC(=O)N1CCOCC1. The standard InChI is InChI=1S/C11H20N2O4/c1-9(2)17-11(15)12-4-3-10(14)13-5-7-16-8-6-13/h9H,3-8H2,1-2H3,(H,12,15). The van der Waals surface area contributed by atoms with Crippen molar-refractivity contribution < 1.29 is 19.1 Å². The van der Waals surface area contributed by atoms with Crippen LogP contribution in [-0.2, 0) is 14.3 Å². The maximum absolute atomic E-state index is 11.7. The molecule has 1 heterocycles. The Kier molecular flexibility index (Phi) is 5.76. The number of morpholine rings is 1. The second kappa shape index (κ2) is 7.11. The van der Waals surface area contributed by atoms with E-state index >= 15 is 0 Å². The first kappa shape index (κ1) is 13.8. The molecular formula is C11H20N2O4. The van der Waals surface area contributed by atoms with Crippen molar-refractivity contribution in [2.75, 3.05) is 32.8 Å². The van der Waals surface area contributed by atoms with Gasteiger partial charge in [-0.25, -0.2) is 4.79 Å². The van der Waals surface area contributed by atoms with Crippen LogP contribution in [0.4, 0.5) is 4.79 Å². The van der Waals surface area contributed by atoms with E-state index in [1.165, 1.54) is 0 Å². The van der Waals surface area contributed by atoms with Crippen molar-refractivity contribution >= 4 is 12.0 Å². The Morgan fingerprint density at radius 2 is 2.00 bits per heavy atom. The fourth-order valence-electron chi connectivity index (χ4n) is 1.50. The molecule has 1 aliphatic heterocycles. The molecule has 1 rings (SSSR count). The van der Waals surface area contributed by atoms with Crippen LogP contribution in [-0.4, -0.2) is 55.9 Å². The van der Waals surface area contributed by atoms with Crippen LogP contribution in [0.25, 0.3) is 0 Å². The van der Waals surface area contributed by atoms with E-state index in [0.29, 0.717) is 39.3 Å². The molecule has 1 saturated heterocycles. The van der Waals surface area contributed by atoms with Crippen LogP contribution >= 0.6 is 0 Å². The number of hydrogen-bond acceptors (Lipinski definition) is 4. The van der Waals surface area contributed by atoms with Gasteiger partial charge in [0.1, 0.15) is 0 Å². The maximum Gasteiger partial charge on any atom is 0.407 e. The lowest BCUT2D eigenvalue weighted by molar-refractivity contribution is -0.135. The van der Waals surface area contributed by atoms with Crippen molar-refractivity contribution in [2.24, 2.45) is 0 Å². The average Bonchev–Trinajstić information content (AvgIpc) is 2.29. The third-order valence-electron chi connectivity index (χ3n) is 2.31. The van der Waals surface area contributed by atoms with Crippen molar-refractivity contribution in [3.05, 3.63) is 0 Å². The third-order valence-corrected chi connectivity index (χ3v) is 2.31. The smallest absolute Gasteiger partial charge is 0.407 e. The molecule has 98 valence electrons. The molecule has 6 heteroatoms. The number of nitrogens with zero attached hydrogens (tertiary/aromatic N) is 1. The van der Waals surface area contributed by atoms with Gasteiger partial charge >= 0.3 is 6.09 Å². The Bertz CT molecular complexity index is 262. The average molecular weight is 244 g/mol. The van der Waals surface area contributed by atoms with Gasteiger partial charge in [-0.15, -0.1) is 0 Å². The lowest BCUT2D eigenvalue weighted by Crippen LogP contribution is -2.42. The molecule has 1 N–H and O–H groups in total. The zero-order valence-corrected chi connectivity index (χ0v) is 10.4. The minimum Gasteiger partial charge on any atom is -0.447 e. The van der Waals surface area contributed by atoms with Gasteiger partial charge in [0.05, 0.1) is 19.3 Å². The molecule has 0 saturated carbocycles. The van der Waals surface area contributed by atoms with E-state index in [0.717, 1.165) is 0 Å². The summed E-state index contributed by atoms with van der Waals surface area (Å²) in [5.41, 5.74) is 0. The molecule has 17 heavy (non-hydrogen) atoms. The van der Waals surface area contributed by atoms with E-state index in [1.54, 1.807) is 18.7 Å². The van der Waals surface area contributed by atoms with Gasteiger partial charge in [-0.2, -0.15) is 0 Å². The predicted octanol–water partition coefficient (Wildman–Crippen LogP) is 0.370. The molecule has 1 fully saturated rings. The normalized spacial score (nSPS) is 15.8. The lowest BCUT2D eigenvalue weighted by atomic mass is 10.3. The third kappa shape index (κ3) is 5.53. The zero-order chi connectivity index (χ0) is 12.7. The number of amides is 2. The number of nitrogens with one attached hydrogen (secondary N) is 1. The van der Waals surface area contributed by atoms with Gasteiger partial charge in [-0.3, -0.25) is 4.79 Å². The largest absolute Gasteiger partial charge is 0.447 e. The summed E-state index contributed by atoms with van der Waals surface area (Å²) in [5.74, 6) is 0.0400. The molecule has 6 nitrogen and oxygen atoms in total. The highest BCUT2D eigenvalue weighted by atomic mass is 16.6. The van der Waals surface area contributed by atoms with Crippen LogP contribution < -0.4 is 5.32 Å². The van der Waals surface area contributed by atoms with Crippen LogP contribution in [0, 0.1) is 0 Å². The molecule has 0 aromatic rings. The summed E-state index contributed by atoms with van der Waals surface area (Å²) in [7, 11) is 0. The van der Waals surface area contributed by atoms with Crippen LogP contribution in [0.3, 0.4) is 0 Å². The van der Waals surface area contributed by atoms with Crippen LogP contribution in [0.15, 0.2) is 0 Å². The van der Waals surface area contributed by atoms with Gasteiger partial charge in [0.15, 0.2) is 0 Å². The first-order valence-corrected chi connectivity index (χ1v) is 5.89. The highest BCUT2D eigenvalue weighted by Crippen LogP contribution is 1.99. The summed E-state index contributed by atoms with van der Waals surface area (Å²) in [6, 6.07) is 0. The van der Waals surface area contributed by atoms with Gasteiger partial charge in [0.25, 0.3) is 0 Å². The van der Waals surface area contributed by atoms with Crippen molar-refractivity contribution in [3.63, 3.8) is 0 Å². The summed E-state index contributed by atoms with van der Waals surface area (Å²) >= 11 is 0. The zero-order valence-electron chi connectivity index (χ0n) is 10.4. The summed E-state index contributed by atoms with van der Waals surface area (Å²) in [6.07, 6.45) is -0.326. The van der Waals surface area contributed by atoms with Crippen LogP contribution in [0.1, 0.15) is 20.3 Å². The highest BCUT2D eigenvalue weighted by molar-refractivity contribution is 5.77. The Morgan fingerprint density at radius 1 is 1.35 bits per heavy atom. The molecule has 0 bridgehead atoms. The molecular weight excluding hydrogens is 224 g/mol. The Balaban J connectivity index is 2.13. The minimum atomic E-state index is -0.477. The fourth-order valence-corrected chi connectivity index (χ4v) is 1.50. The van der Waals surface area contributed by atoms with E-state index in [9.17, 15) is 9.59 Å². The summed E-state index contributed by atoms with van der Waals surface area (Å²) in [5, 5.41) is 2.54. The maximum atomic E-state index is 11.7. The molecule has 2 amide bonds. The molecule has 0 aliphatic carbocycles. The van der Waals surface area contributed by atoms with Crippen molar-refractivity contribution in [2.45, 2.75) is 26.4 Å². The van der Waals surface area contributed by atoms with Gasteiger partial charge in [0.2, 0.25) is 5.91 Å². The van der Waals surface area contributed by atoms with Crippen molar-refractivity contribution in [3.8, 4) is 0 Å². The Labute approximate surface area is 101 Å². The van der Waals surface area contributed by atoms with E-state index in [4.69, 9.17) is 9.47 Å². The Morgan fingerprint density at radius 3 is 2.59 bits per heavy atom. The molecule has 0 radical (unpaired) electrons. The summed E-state index contributed by atoms with van der Waals surface area (Å²) < 4.78 is 10.0. The van der Waals surface area contributed by atoms with E-state index < -0.39 is 6.09 Å². The number of carbonyl (C=O) groups is 2. The van der Waals surface area contributed by atoms with E-state index in [-0.39, 0.29) is 12.0 Å². The minimum absolute atomic E-state index is 0.0400. The van der Waals surface area contributed by atoms with E-state index in [2.05, 4.69) is 5.32 Å². The van der Waals surface area contributed by atoms with E-state index in [1.807, 2.05) is 0 Å². The fraction of sp³-hybridized carbons (Fsp3) is 0.818. The first-order chi connectivity index (χ1) is 8.09. The summed E-state index contributed by atoms with van der Waals surface area (Å²) in [6.45, 7) is 6.31. The number of ether oxygens (including phenoxy) is 2. The molecule has 0 aromatic heterocycles. The molecule has 0 aromatic carbocycles. The molecule has 0 unspecified atom stereocenters. The second-order valence-corrected chi connectivity index (χ2v) is 4.12. The van der Waals surface area contributed by atoms with Crippen molar-refractivity contribution in [1.82, 2.24) is 10.2 Å². The predicted molar refractivity (Wildman–Crippen MR) is 61.6 cm³/mol. The first-order valence-electron chi connectivity index (χ1n) is 5.89. The monoisotopic (exact) mass is 244 g/mol. The van der Waals surface area contributed by atoms with Gasteiger partial charge in [0, 0.05) is 26.1 Å². The van der Waals surface area contributed by atoms with Crippen LogP contribution in [0.2, 0.25) is 0 Å². The molecule has 0 spiro atoms. The number of carbonyl (C=O) groups excluding carboxylic acids is 2. The molecule has 1 aliphatic rings. The highest BCUT2D eigenvalue weighted by Gasteiger charge is 2.16. The number of alkyl carbamates (subject to hydrolysis) is 1. The van der Waals surface area contributed by atoms with Gasteiger partial charge < -0.3 is 19.7 Å². The topological polar surface area (TPSA) is 67.9 Å². The number of hydrogen-bond donors (Lipinski definition) is 1. The van der Waals surface area contributed by atoms with Crippen molar-refractivity contribution in [1.29, 1.82) is 0 Å². The molecule has 0 atom stereocenters. The summed E-state index contributed by atoms with van der Waals surface area (Å²) in [4.78, 5) is 24.6. The Hall–Kier alpha value is -1.30. The second-order valence-electron chi connectivity index (χ2n) is 4.12. The van der Waals surface area contributed by atoms with Crippen LogP contribution in [0.5, 0.6) is 0 Å². The quantitative estimate of drug-likeness (QED) is 0.776. The van der Waals surface area contributed by atoms with Gasteiger partial charge in [-0.1, -0.05) is 0 Å². The van der Waals surface area contributed by atoms with Gasteiger partial charge in [-0.05, 0) is 13.8 Å². The lowest BCUT2D eigenvalue weighted by Gasteiger charge is -2.26.